The molecule has 1 aromatic rings. The molecule has 0 aliphatic carbocycles. The van der Waals surface area contributed by atoms with E-state index in [1.165, 1.54) is 11.0 Å². The Morgan fingerprint density at radius 3 is 3.12 bits per heavy atom. The first-order chi connectivity index (χ1) is 3.93. The fourth-order valence-corrected chi connectivity index (χ4v) is 0.412. The number of nitrogens with zero attached hydrogens (tertiary/aromatic N) is 3. The van der Waals surface area contributed by atoms with Crippen LogP contribution in [-0.4, -0.2) is 26.5 Å². The zero-order valence-corrected chi connectivity index (χ0v) is 4.28. The Morgan fingerprint density at radius 2 is 2.62 bits per heavy atom. The van der Waals surface area contributed by atoms with Crippen LogP contribution in [0.5, 0.6) is 0 Å². The Morgan fingerprint density at radius 1 is 1.75 bits per heavy atom. The van der Waals surface area contributed by atoms with Gasteiger partial charge in [-0.05, 0) is 0 Å². The lowest BCUT2D eigenvalue weighted by atomic mass is 10.7. The normalized spacial score (nSPS) is 9.62. The molecule has 0 fully saturated rings. The molecule has 1 heterocycles. The minimum Gasteiger partial charge on any atom is -0.394 e. The Labute approximate surface area is 46.8 Å². The smallest absolute Gasteiger partial charge is 0.220 e. The van der Waals surface area contributed by atoms with Crippen molar-refractivity contribution in [1.82, 2.24) is 14.8 Å². The average molecular weight is 112 g/mol. The van der Waals surface area contributed by atoms with Crippen LogP contribution >= 0.6 is 0 Å². The van der Waals surface area contributed by atoms with Crippen LogP contribution in [0, 0.1) is 6.33 Å². The van der Waals surface area contributed by atoms with Crippen LogP contribution in [-0.2, 0) is 6.54 Å². The molecule has 0 aliphatic heterocycles. The van der Waals surface area contributed by atoms with Gasteiger partial charge in [0.05, 0.1) is 13.2 Å². The van der Waals surface area contributed by atoms with Crippen LogP contribution in [0.3, 0.4) is 0 Å². The molecule has 0 unspecified atom stereocenters. The topological polar surface area (TPSA) is 50.9 Å². The molecule has 1 aromatic heterocycles. The molecule has 0 atom stereocenters. The number of aromatic nitrogens is 3. The highest BCUT2D eigenvalue weighted by Gasteiger charge is 1.85. The van der Waals surface area contributed by atoms with Gasteiger partial charge in [-0.3, -0.25) is 0 Å². The molecular weight excluding hydrogens is 106 g/mol. The molecule has 1 N–H and O–H groups in total. The monoisotopic (exact) mass is 112 g/mol. The van der Waals surface area contributed by atoms with Gasteiger partial charge in [-0.1, -0.05) is 0 Å². The Kier molecular flexibility index (Phi) is 1.58. The van der Waals surface area contributed by atoms with Crippen molar-refractivity contribution in [2.75, 3.05) is 6.61 Å². The quantitative estimate of drug-likeness (QED) is 0.537. The summed E-state index contributed by atoms with van der Waals surface area (Å²) in [6, 6.07) is 0. The fourth-order valence-electron chi connectivity index (χ4n) is 0.412. The molecule has 43 valence electrons. The van der Waals surface area contributed by atoms with Gasteiger partial charge in [0.25, 0.3) is 0 Å². The van der Waals surface area contributed by atoms with Gasteiger partial charge in [0.15, 0.2) is 0 Å². The van der Waals surface area contributed by atoms with Crippen LogP contribution in [0.2, 0.25) is 0 Å². The van der Waals surface area contributed by atoms with E-state index >= 15 is 0 Å². The first kappa shape index (κ1) is 5.24. The molecule has 0 saturated carbocycles. The number of aliphatic hydroxyl groups excluding tert-OH is 1. The van der Waals surface area contributed by atoms with Crippen molar-refractivity contribution in [3.8, 4) is 0 Å². The van der Waals surface area contributed by atoms with Crippen molar-refractivity contribution >= 4 is 0 Å². The summed E-state index contributed by atoms with van der Waals surface area (Å²) in [6.45, 7) is 0.591. The van der Waals surface area contributed by atoms with Gasteiger partial charge in [-0.2, -0.15) is 0 Å². The molecule has 0 bridgehead atoms. The minimum absolute atomic E-state index is 0.0944. The first-order valence-corrected chi connectivity index (χ1v) is 2.30. The highest BCUT2D eigenvalue weighted by atomic mass is 16.3. The summed E-state index contributed by atoms with van der Waals surface area (Å²) in [5.74, 6) is 0. The lowest BCUT2D eigenvalue weighted by Gasteiger charge is -1.90. The lowest BCUT2D eigenvalue weighted by molar-refractivity contribution is 0.269. The van der Waals surface area contributed by atoms with Crippen molar-refractivity contribution in [3.05, 3.63) is 12.7 Å². The highest BCUT2D eigenvalue weighted by Crippen LogP contribution is 1.74. The maximum Gasteiger partial charge on any atom is 0.220 e. The second-order valence-electron chi connectivity index (χ2n) is 1.33. The van der Waals surface area contributed by atoms with Gasteiger partial charge in [-0.15, -0.1) is 5.10 Å². The molecule has 0 aliphatic rings. The predicted octanol–water partition coefficient (Wildman–Crippen LogP) is -0.929. The van der Waals surface area contributed by atoms with Crippen molar-refractivity contribution in [2.24, 2.45) is 0 Å². The zero-order chi connectivity index (χ0) is 5.82. The summed E-state index contributed by atoms with van der Waals surface area (Å²) in [5.41, 5.74) is 0. The number of hydrogen-bond acceptors (Lipinski definition) is 3. The molecule has 4 nitrogen and oxygen atoms in total. The van der Waals surface area contributed by atoms with Crippen LogP contribution in [0.15, 0.2) is 6.33 Å². The van der Waals surface area contributed by atoms with Gasteiger partial charge < -0.3 is 5.11 Å². The third-order valence-corrected chi connectivity index (χ3v) is 0.751. The van der Waals surface area contributed by atoms with Gasteiger partial charge >= 0.3 is 0 Å². The molecule has 1 radical (unpaired) electrons. The summed E-state index contributed by atoms with van der Waals surface area (Å²) in [4.78, 5) is 3.56. The number of aliphatic hydroxyl groups is 1. The van der Waals surface area contributed by atoms with E-state index in [0.717, 1.165) is 0 Å². The van der Waals surface area contributed by atoms with Crippen LogP contribution < -0.4 is 0 Å². The molecule has 0 amide bonds. The predicted molar refractivity (Wildman–Crippen MR) is 25.9 cm³/mol. The van der Waals surface area contributed by atoms with E-state index in [0.29, 0.717) is 6.54 Å². The number of hydrogen-bond donors (Lipinski definition) is 1. The Hall–Kier alpha value is -0.900. The second kappa shape index (κ2) is 2.42. The van der Waals surface area contributed by atoms with Crippen LogP contribution in [0.1, 0.15) is 0 Å². The van der Waals surface area contributed by atoms with E-state index in [9.17, 15) is 0 Å². The summed E-state index contributed by atoms with van der Waals surface area (Å²) in [5, 5.41) is 12.0. The molecule has 4 heteroatoms. The van der Waals surface area contributed by atoms with Crippen molar-refractivity contribution in [2.45, 2.75) is 6.54 Å². The molecule has 0 saturated heterocycles. The zero-order valence-electron chi connectivity index (χ0n) is 4.28. The third kappa shape index (κ3) is 1.04. The molecular formula is C4H6N3O. The highest BCUT2D eigenvalue weighted by molar-refractivity contribution is 4.52. The van der Waals surface area contributed by atoms with Crippen LogP contribution in [0.25, 0.3) is 0 Å². The summed E-state index contributed by atoms with van der Waals surface area (Å²) in [6.07, 6.45) is 3.88. The van der Waals surface area contributed by atoms with E-state index in [-0.39, 0.29) is 6.61 Å². The molecule has 0 spiro atoms. The van der Waals surface area contributed by atoms with E-state index in [1.54, 1.807) is 0 Å². The number of rotatable bonds is 2. The SMILES string of the molecule is OCCn1cn[c]n1. The Balaban J connectivity index is 2.50. The molecule has 0 aromatic carbocycles. The summed E-state index contributed by atoms with van der Waals surface area (Å²) >= 11 is 0. The minimum atomic E-state index is 0.0944. The standard InChI is InChI=1S/C4H6N3O/c8-2-1-7-4-5-3-6-7/h4,8H,1-2H2. The van der Waals surface area contributed by atoms with E-state index < -0.39 is 0 Å². The van der Waals surface area contributed by atoms with Crippen molar-refractivity contribution in [3.63, 3.8) is 0 Å². The Bertz CT molecular complexity index is 137. The lowest BCUT2D eigenvalue weighted by Crippen LogP contribution is -2.01. The third-order valence-electron chi connectivity index (χ3n) is 0.751. The maximum atomic E-state index is 8.34. The van der Waals surface area contributed by atoms with E-state index in [4.69, 9.17) is 5.11 Å². The first-order valence-electron chi connectivity index (χ1n) is 2.30. The van der Waals surface area contributed by atoms with Crippen molar-refractivity contribution < 1.29 is 5.11 Å². The summed E-state index contributed by atoms with van der Waals surface area (Å²) < 4.78 is 1.51. The van der Waals surface area contributed by atoms with Gasteiger partial charge in [-0.25, -0.2) is 9.67 Å². The molecule has 1 rings (SSSR count). The van der Waals surface area contributed by atoms with Gasteiger partial charge in [0, 0.05) is 0 Å². The van der Waals surface area contributed by atoms with Crippen LogP contribution in [0.4, 0.5) is 0 Å². The van der Waals surface area contributed by atoms with Crippen molar-refractivity contribution in [1.29, 1.82) is 0 Å². The van der Waals surface area contributed by atoms with E-state index in [2.05, 4.69) is 16.4 Å². The van der Waals surface area contributed by atoms with Gasteiger partial charge in [0.1, 0.15) is 6.33 Å². The van der Waals surface area contributed by atoms with Gasteiger partial charge in [0.2, 0.25) is 6.33 Å². The maximum absolute atomic E-state index is 8.34. The second-order valence-corrected chi connectivity index (χ2v) is 1.33. The summed E-state index contributed by atoms with van der Waals surface area (Å²) in [7, 11) is 0. The van der Waals surface area contributed by atoms with E-state index in [1.807, 2.05) is 0 Å². The molecule has 8 heavy (non-hydrogen) atoms. The largest absolute Gasteiger partial charge is 0.394 e. The fraction of sp³-hybridized carbons (Fsp3) is 0.500. The average Bonchev–Trinajstić information content (AvgIpc) is 2.19.